The van der Waals surface area contributed by atoms with E-state index in [1.54, 1.807) is 0 Å². The predicted molar refractivity (Wildman–Crippen MR) is 76.9 cm³/mol. The molecule has 0 aliphatic heterocycles. The zero-order valence-corrected chi connectivity index (χ0v) is 11.9. The van der Waals surface area contributed by atoms with Crippen molar-refractivity contribution in [1.29, 1.82) is 0 Å². The molecule has 102 valence electrons. The standard InChI is InChI=1S/C15H22N4/c1-4-5-17-15(7-13-9-18-19(3)11-13)14-6-12(2)8-16-10-14/h6,8-11,15,17H,4-5,7H2,1-3H3. The third-order valence-corrected chi connectivity index (χ3v) is 3.14. The van der Waals surface area contributed by atoms with Crippen molar-refractivity contribution in [3.63, 3.8) is 0 Å². The number of aromatic nitrogens is 3. The van der Waals surface area contributed by atoms with Crippen molar-refractivity contribution in [2.24, 2.45) is 7.05 Å². The van der Waals surface area contributed by atoms with Gasteiger partial charge < -0.3 is 5.32 Å². The molecule has 1 N–H and O–H groups in total. The summed E-state index contributed by atoms with van der Waals surface area (Å²) in [5.74, 6) is 0. The summed E-state index contributed by atoms with van der Waals surface area (Å²) >= 11 is 0. The number of hydrogen-bond donors (Lipinski definition) is 1. The molecular formula is C15H22N4. The van der Waals surface area contributed by atoms with Crippen LogP contribution in [0.1, 0.15) is 36.1 Å². The van der Waals surface area contributed by atoms with Gasteiger partial charge in [-0.15, -0.1) is 0 Å². The molecule has 0 amide bonds. The van der Waals surface area contributed by atoms with Gasteiger partial charge in [0.05, 0.1) is 6.20 Å². The number of nitrogens with one attached hydrogen (secondary N) is 1. The lowest BCUT2D eigenvalue weighted by molar-refractivity contribution is 0.527. The molecule has 2 heterocycles. The van der Waals surface area contributed by atoms with Crippen LogP contribution in [0.5, 0.6) is 0 Å². The fraction of sp³-hybridized carbons (Fsp3) is 0.467. The smallest absolute Gasteiger partial charge is 0.0522 e. The van der Waals surface area contributed by atoms with E-state index >= 15 is 0 Å². The summed E-state index contributed by atoms with van der Waals surface area (Å²) in [5.41, 5.74) is 3.70. The summed E-state index contributed by atoms with van der Waals surface area (Å²) in [5, 5.41) is 7.83. The molecule has 0 aromatic carbocycles. The molecule has 0 spiro atoms. The Kier molecular flexibility index (Phi) is 4.68. The van der Waals surface area contributed by atoms with Gasteiger partial charge in [-0.2, -0.15) is 5.10 Å². The minimum absolute atomic E-state index is 0.302. The Hall–Kier alpha value is -1.68. The fourth-order valence-corrected chi connectivity index (χ4v) is 2.21. The lowest BCUT2D eigenvalue weighted by atomic mass is 10.0. The molecule has 0 saturated heterocycles. The van der Waals surface area contributed by atoms with Crippen LogP contribution in [-0.2, 0) is 13.5 Å². The Morgan fingerprint density at radius 1 is 1.32 bits per heavy atom. The first-order chi connectivity index (χ1) is 9.19. The Morgan fingerprint density at radius 3 is 2.79 bits per heavy atom. The topological polar surface area (TPSA) is 42.7 Å². The van der Waals surface area contributed by atoms with Crippen molar-refractivity contribution in [2.75, 3.05) is 6.54 Å². The van der Waals surface area contributed by atoms with Gasteiger partial charge in [-0.3, -0.25) is 9.67 Å². The van der Waals surface area contributed by atoms with Crippen molar-refractivity contribution in [1.82, 2.24) is 20.1 Å². The molecule has 4 heteroatoms. The summed E-state index contributed by atoms with van der Waals surface area (Å²) < 4.78 is 1.85. The minimum atomic E-state index is 0.302. The molecule has 0 aliphatic carbocycles. The van der Waals surface area contributed by atoms with E-state index in [4.69, 9.17) is 0 Å². The highest BCUT2D eigenvalue weighted by Gasteiger charge is 2.13. The van der Waals surface area contributed by atoms with Crippen LogP contribution < -0.4 is 5.32 Å². The van der Waals surface area contributed by atoms with E-state index in [1.807, 2.05) is 30.3 Å². The molecule has 4 nitrogen and oxygen atoms in total. The number of pyridine rings is 1. The van der Waals surface area contributed by atoms with Gasteiger partial charge in [-0.25, -0.2) is 0 Å². The lowest BCUT2D eigenvalue weighted by Gasteiger charge is -2.18. The maximum Gasteiger partial charge on any atom is 0.0522 e. The molecule has 19 heavy (non-hydrogen) atoms. The second kappa shape index (κ2) is 6.48. The first kappa shape index (κ1) is 13.7. The van der Waals surface area contributed by atoms with E-state index in [0.29, 0.717) is 6.04 Å². The second-order valence-corrected chi connectivity index (χ2v) is 5.03. The molecule has 0 bridgehead atoms. The normalized spacial score (nSPS) is 12.6. The maximum atomic E-state index is 4.30. The summed E-state index contributed by atoms with van der Waals surface area (Å²) in [7, 11) is 1.95. The van der Waals surface area contributed by atoms with Gasteiger partial charge in [0.1, 0.15) is 0 Å². The largest absolute Gasteiger partial charge is 0.310 e. The number of hydrogen-bond acceptors (Lipinski definition) is 3. The molecule has 2 aromatic heterocycles. The van der Waals surface area contributed by atoms with E-state index in [2.05, 4.69) is 41.5 Å². The minimum Gasteiger partial charge on any atom is -0.310 e. The molecule has 0 radical (unpaired) electrons. The van der Waals surface area contributed by atoms with Crippen molar-refractivity contribution in [2.45, 2.75) is 32.7 Å². The monoisotopic (exact) mass is 258 g/mol. The van der Waals surface area contributed by atoms with E-state index in [0.717, 1.165) is 19.4 Å². The Morgan fingerprint density at radius 2 is 2.16 bits per heavy atom. The van der Waals surface area contributed by atoms with Crippen LogP contribution in [0.2, 0.25) is 0 Å². The van der Waals surface area contributed by atoms with Gasteiger partial charge in [0, 0.05) is 31.7 Å². The molecule has 0 fully saturated rings. The van der Waals surface area contributed by atoms with Gasteiger partial charge in [-0.1, -0.05) is 13.0 Å². The zero-order chi connectivity index (χ0) is 13.7. The lowest BCUT2D eigenvalue weighted by Crippen LogP contribution is -2.24. The molecular weight excluding hydrogens is 236 g/mol. The third kappa shape index (κ3) is 3.89. The molecule has 2 rings (SSSR count). The molecule has 1 unspecified atom stereocenters. The van der Waals surface area contributed by atoms with Crippen LogP contribution in [0, 0.1) is 6.92 Å². The van der Waals surface area contributed by atoms with E-state index in [-0.39, 0.29) is 0 Å². The molecule has 1 atom stereocenters. The highest BCUT2D eigenvalue weighted by atomic mass is 15.2. The summed E-state index contributed by atoms with van der Waals surface area (Å²) in [6, 6.07) is 2.51. The van der Waals surface area contributed by atoms with Crippen LogP contribution in [0.15, 0.2) is 30.9 Å². The van der Waals surface area contributed by atoms with Gasteiger partial charge in [0.15, 0.2) is 0 Å². The van der Waals surface area contributed by atoms with Gasteiger partial charge in [-0.05, 0) is 43.0 Å². The quantitative estimate of drug-likeness (QED) is 0.865. The average Bonchev–Trinajstić information content (AvgIpc) is 2.80. The SMILES string of the molecule is CCCNC(Cc1cnn(C)c1)c1cncc(C)c1. The van der Waals surface area contributed by atoms with Crippen LogP contribution in [0.3, 0.4) is 0 Å². The highest BCUT2D eigenvalue weighted by molar-refractivity contribution is 5.22. The van der Waals surface area contributed by atoms with Crippen LogP contribution in [-0.4, -0.2) is 21.3 Å². The Balaban J connectivity index is 2.15. The Labute approximate surface area is 114 Å². The molecule has 0 saturated carbocycles. The van der Waals surface area contributed by atoms with E-state index in [9.17, 15) is 0 Å². The van der Waals surface area contributed by atoms with E-state index < -0.39 is 0 Å². The van der Waals surface area contributed by atoms with Crippen molar-refractivity contribution in [3.8, 4) is 0 Å². The van der Waals surface area contributed by atoms with Gasteiger partial charge in [0.25, 0.3) is 0 Å². The maximum absolute atomic E-state index is 4.30. The van der Waals surface area contributed by atoms with E-state index in [1.165, 1.54) is 16.7 Å². The first-order valence-electron chi connectivity index (χ1n) is 6.81. The first-order valence-corrected chi connectivity index (χ1v) is 6.81. The zero-order valence-electron chi connectivity index (χ0n) is 11.9. The third-order valence-electron chi connectivity index (χ3n) is 3.14. The van der Waals surface area contributed by atoms with Crippen LogP contribution >= 0.6 is 0 Å². The molecule has 0 aliphatic rings. The number of nitrogens with zero attached hydrogens (tertiary/aromatic N) is 3. The van der Waals surface area contributed by atoms with Gasteiger partial charge in [0.2, 0.25) is 0 Å². The van der Waals surface area contributed by atoms with Gasteiger partial charge >= 0.3 is 0 Å². The fourth-order valence-electron chi connectivity index (χ4n) is 2.21. The van der Waals surface area contributed by atoms with Crippen LogP contribution in [0.4, 0.5) is 0 Å². The highest BCUT2D eigenvalue weighted by Crippen LogP contribution is 2.18. The Bertz CT molecular complexity index is 518. The van der Waals surface area contributed by atoms with Crippen LogP contribution in [0.25, 0.3) is 0 Å². The second-order valence-electron chi connectivity index (χ2n) is 5.03. The number of aryl methyl sites for hydroxylation is 2. The van der Waals surface area contributed by atoms with Crippen molar-refractivity contribution in [3.05, 3.63) is 47.5 Å². The average molecular weight is 258 g/mol. The van der Waals surface area contributed by atoms with Crippen molar-refractivity contribution < 1.29 is 0 Å². The predicted octanol–water partition coefficient (Wildman–Crippen LogP) is 2.41. The summed E-state index contributed by atoms with van der Waals surface area (Å²) in [6.07, 6.45) is 9.93. The van der Waals surface area contributed by atoms with Crippen molar-refractivity contribution >= 4 is 0 Å². The number of rotatable bonds is 6. The molecule has 2 aromatic rings. The summed E-state index contributed by atoms with van der Waals surface area (Å²) in [6.45, 7) is 5.28. The summed E-state index contributed by atoms with van der Waals surface area (Å²) in [4.78, 5) is 4.30.